The second-order valence-electron chi connectivity index (χ2n) is 6.76. The summed E-state index contributed by atoms with van der Waals surface area (Å²) in [6, 6.07) is 4.03. The number of hydrogen-bond acceptors (Lipinski definition) is 5. The average Bonchev–Trinajstić information content (AvgIpc) is 3.21. The van der Waals surface area contributed by atoms with E-state index < -0.39 is 0 Å². The Bertz CT molecular complexity index is 868. The van der Waals surface area contributed by atoms with Crippen molar-refractivity contribution >= 4 is 52.5 Å². The number of rotatable bonds is 3. The van der Waals surface area contributed by atoms with Gasteiger partial charge in [-0.25, -0.2) is 0 Å². The molecule has 1 aliphatic carbocycles. The summed E-state index contributed by atoms with van der Waals surface area (Å²) in [5.74, 6) is 0.937. The highest BCUT2D eigenvalue weighted by Gasteiger charge is 2.41. The Morgan fingerprint density at radius 2 is 2.32 bits per heavy atom. The van der Waals surface area contributed by atoms with Crippen LogP contribution < -0.4 is 10.6 Å². The van der Waals surface area contributed by atoms with Gasteiger partial charge in [0.2, 0.25) is 5.91 Å². The lowest BCUT2D eigenvalue weighted by molar-refractivity contribution is -0.123. The van der Waals surface area contributed by atoms with E-state index in [4.69, 9.17) is 12.2 Å². The lowest BCUT2D eigenvalue weighted by Crippen LogP contribution is -2.41. The van der Waals surface area contributed by atoms with Gasteiger partial charge in [0.15, 0.2) is 3.95 Å². The number of nitrogens with one attached hydrogen (secondary N) is 2. The number of carbonyl (C=O) groups excluding carboxylic acids is 2. The summed E-state index contributed by atoms with van der Waals surface area (Å²) in [5.41, 5.74) is 0. The summed E-state index contributed by atoms with van der Waals surface area (Å²) in [7, 11) is 0. The van der Waals surface area contributed by atoms with Gasteiger partial charge in [0, 0.05) is 10.9 Å². The fraction of sp³-hybridized carbons (Fsp3) is 0.471. The van der Waals surface area contributed by atoms with Crippen LogP contribution in [-0.4, -0.2) is 16.4 Å². The monoisotopic (exact) mass is 393 g/mol. The Morgan fingerprint density at radius 3 is 3.08 bits per heavy atom. The van der Waals surface area contributed by atoms with Gasteiger partial charge in [0.05, 0.1) is 12.5 Å². The molecule has 1 fully saturated rings. The van der Waals surface area contributed by atoms with E-state index in [0.717, 1.165) is 24.1 Å². The van der Waals surface area contributed by atoms with Gasteiger partial charge < -0.3 is 15.2 Å². The highest BCUT2D eigenvalue weighted by atomic mass is 32.1. The number of thiophene rings is 1. The van der Waals surface area contributed by atoms with Crippen LogP contribution in [0.1, 0.15) is 46.8 Å². The van der Waals surface area contributed by atoms with E-state index >= 15 is 0 Å². The molecule has 3 atom stereocenters. The van der Waals surface area contributed by atoms with Crippen molar-refractivity contribution in [2.24, 2.45) is 11.8 Å². The van der Waals surface area contributed by atoms with Crippen molar-refractivity contribution in [3.63, 3.8) is 0 Å². The molecular weight excluding hydrogens is 374 g/mol. The van der Waals surface area contributed by atoms with Crippen molar-refractivity contribution in [1.82, 2.24) is 9.88 Å². The largest absolute Gasteiger partial charge is 0.346 e. The van der Waals surface area contributed by atoms with Crippen molar-refractivity contribution in [3.8, 4) is 0 Å². The third-order valence-electron chi connectivity index (χ3n) is 5.04. The molecule has 2 aromatic heterocycles. The van der Waals surface area contributed by atoms with E-state index in [2.05, 4.69) is 17.6 Å². The standard InChI is InChI=1S/C17H19N3O2S3/c1-9-4-5-12-11(7-9)15(21)19-14-13(25-17(23)20(12)14)16(22)18-8-10-3-2-6-24-10/h2-3,6,9,11-12H,4-5,7-8H2,1H3,(H,18,22)(H,19,21). The van der Waals surface area contributed by atoms with Gasteiger partial charge in [-0.1, -0.05) is 24.3 Å². The number of carbonyl (C=O) groups is 2. The highest BCUT2D eigenvalue weighted by Crippen LogP contribution is 2.44. The molecule has 0 saturated heterocycles. The summed E-state index contributed by atoms with van der Waals surface area (Å²) in [6.07, 6.45) is 2.91. The lowest BCUT2D eigenvalue weighted by Gasteiger charge is -2.39. The quantitative estimate of drug-likeness (QED) is 0.768. The minimum Gasteiger partial charge on any atom is -0.346 e. The van der Waals surface area contributed by atoms with Crippen LogP contribution in [0, 0.1) is 15.8 Å². The fourth-order valence-corrected chi connectivity index (χ4v) is 5.82. The number of thiazole rings is 1. The number of fused-ring (bicyclic) bond motifs is 3. The molecule has 0 bridgehead atoms. The second-order valence-corrected chi connectivity index (χ2v) is 9.44. The molecular formula is C17H19N3O2S3. The number of nitrogens with zero attached hydrogens (tertiary/aromatic N) is 1. The zero-order chi connectivity index (χ0) is 17.6. The smallest absolute Gasteiger partial charge is 0.265 e. The maximum atomic E-state index is 12.6. The molecule has 0 aromatic carbocycles. The molecule has 0 spiro atoms. The zero-order valence-corrected chi connectivity index (χ0v) is 16.2. The maximum Gasteiger partial charge on any atom is 0.265 e. The van der Waals surface area contributed by atoms with E-state index in [1.165, 1.54) is 11.3 Å². The van der Waals surface area contributed by atoms with E-state index in [0.29, 0.717) is 27.1 Å². The molecule has 8 heteroatoms. The lowest BCUT2D eigenvalue weighted by atomic mass is 9.77. The Hall–Kier alpha value is -1.51. The molecule has 1 saturated carbocycles. The molecule has 3 heterocycles. The summed E-state index contributed by atoms with van der Waals surface area (Å²) in [4.78, 5) is 26.8. The van der Waals surface area contributed by atoms with Crippen molar-refractivity contribution < 1.29 is 9.59 Å². The minimum atomic E-state index is -0.179. The van der Waals surface area contributed by atoms with Crippen LogP contribution in [0.15, 0.2) is 17.5 Å². The minimum absolute atomic E-state index is 0.0247. The van der Waals surface area contributed by atoms with Crippen molar-refractivity contribution in [1.29, 1.82) is 0 Å². The molecule has 2 amide bonds. The molecule has 132 valence electrons. The first-order chi connectivity index (χ1) is 12.0. The van der Waals surface area contributed by atoms with E-state index in [9.17, 15) is 9.59 Å². The normalized spacial score (nSPS) is 25.0. The molecule has 25 heavy (non-hydrogen) atoms. The number of amides is 2. The van der Waals surface area contributed by atoms with E-state index in [1.807, 2.05) is 22.1 Å². The molecule has 1 aliphatic heterocycles. The molecule has 4 rings (SSSR count). The Morgan fingerprint density at radius 1 is 1.48 bits per heavy atom. The average molecular weight is 394 g/mol. The highest BCUT2D eigenvalue weighted by molar-refractivity contribution is 7.73. The predicted octanol–water partition coefficient (Wildman–Crippen LogP) is 4.20. The van der Waals surface area contributed by atoms with Crippen LogP contribution >= 0.6 is 34.9 Å². The van der Waals surface area contributed by atoms with Crippen molar-refractivity contribution in [3.05, 3.63) is 31.2 Å². The van der Waals surface area contributed by atoms with Gasteiger partial charge in [-0.3, -0.25) is 9.59 Å². The first-order valence-electron chi connectivity index (χ1n) is 8.41. The number of anilines is 1. The first-order valence-corrected chi connectivity index (χ1v) is 10.5. The summed E-state index contributed by atoms with van der Waals surface area (Å²) < 4.78 is 2.68. The summed E-state index contributed by atoms with van der Waals surface area (Å²) >= 11 is 8.42. The number of hydrogen-bond donors (Lipinski definition) is 2. The summed E-state index contributed by atoms with van der Waals surface area (Å²) in [6.45, 7) is 2.67. The van der Waals surface area contributed by atoms with Crippen LogP contribution in [0.25, 0.3) is 0 Å². The van der Waals surface area contributed by atoms with Crippen LogP contribution in [0.3, 0.4) is 0 Å². The third-order valence-corrected chi connectivity index (χ3v) is 7.31. The predicted molar refractivity (Wildman–Crippen MR) is 103 cm³/mol. The third kappa shape index (κ3) is 3.07. The van der Waals surface area contributed by atoms with Crippen LogP contribution in [0.4, 0.5) is 5.82 Å². The van der Waals surface area contributed by atoms with Crippen LogP contribution in [-0.2, 0) is 11.3 Å². The molecule has 2 aromatic rings. The Labute approximate surface area is 159 Å². The molecule has 5 nitrogen and oxygen atoms in total. The molecule has 2 aliphatic rings. The fourth-order valence-electron chi connectivity index (χ4n) is 3.78. The van der Waals surface area contributed by atoms with Gasteiger partial charge in [-0.05, 0) is 48.8 Å². The Kier molecular flexibility index (Phi) is 4.51. The first kappa shape index (κ1) is 16.9. The van der Waals surface area contributed by atoms with Gasteiger partial charge in [-0.2, -0.15) is 0 Å². The van der Waals surface area contributed by atoms with Gasteiger partial charge >= 0.3 is 0 Å². The topological polar surface area (TPSA) is 63.1 Å². The second kappa shape index (κ2) is 6.66. The van der Waals surface area contributed by atoms with Crippen LogP contribution in [0.2, 0.25) is 0 Å². The van der Waals surface area contributed by atoms with E-state index in [1.54, 1.807) is 11.3 Å². The molecule has 0 radical (unpaired) electrons. The summed E-state index contributed by atoms with van der Waals surface area (Å²) in [5, 5.41) is 7.86. The SMILES string of the molecule is CC1CCC2C(C1)C(=O)Nc1c(C(=O)NCc3cccs3)sc(=S)n12. The Balaban J connectivity index is 1.62. The van der Waals surface area contributed by atoms with E-state index in [-0.39, 0.29) is 23.8 Å². The van der Waals surface area contributed by atoms with Crippen LogP contribution in [0.5, 0.6) is 0 Å². The van der Waals surface area contributed by atoms with Crippen molar-refractivity contribution in [2.45, 2.75) is 38.8 Å². The maximum absolute atomic E-state index is 12.6. The van der Waals surface area contributed by atoms with Crippen molar-refractivity contribution in [2.75, 3.05) is 5.32 Å². The molecule has 2 N–H and O–H groups in total. The number of aromatic nitrogens is 1. The molecule has 3 unspecified atom stereocenters. The van der Waals surface area contributed by atoms with Gasteiger partial charge in [0.1, 0.15) is 10.7 Å². The van der Waals surface area contributed by atoms with Gasteiger partial charge in [0.25, 0.3) is 5.91 Å². The van der Waals surface area contributed by atoms with Gasteiger partial charge in [-0.15, -0.1) is 11.3 Å². The zero-order valence-electron chi connectivity index (χ0n) is 13.8.